The second-order valence-electron chi connectivity index (χ2n) is 6.80. The first-order chi connectivity index (χ1) is 11.4. The Morgan fingerprint density at radius 1 is 1.16 bits per heavy atom. The molecule has 0 aliphatic rings. The minimum atomic E-state index is 0. The van der Waals surface area contributed by atoms with Gasteiger partial charge in [-0.15, -0.1) is 24.0 Å². The minimum Gasteiger partial charge on any atom is -0.357 e. The van der Waals surface area contributed by atoms with Gasteiger partial charge < -0.3 is 10.6 Å². The average Bonchev–Trinajstić information content (AvgIpc) is 2.95. The molecule has 138 valence electrons. The van der Waals surface area contributed by atoms with Crippen LogP contribution in [0.25, 0.3) is 0 Å². The summed E-state index contributed by atoms with van der Waals surface area (Å²) in [4.78, 5) is 8.85. The SMILES string of the molecule is CCNC(=NCc1ccc(C(C)(C)C)cc1)NCc1ncnn1C.I. The van der Waals surface area contributed by atoms with E-state index in [-0.39, 0.29) is 29.4 Å². The zero-order valence-corrected chi connectivity index (χ0v) is 18.0. The van der Waals surface area contributed by atoms with Crippen molar-refractivity contribution in [3.63, 3.8) is 0 Å². The smallest absolute Gasteiger partial charge is 0.191 e. The first kappa shape index (κ1) is 21.4. The van der Waals surface area contributed by atoms with E-state index in [2.05, 4.69) is 77.7 Å². The third-order valence-corrected chi connectivity index (χ3v) is 3.80. The van der Waals surface area contributed by atoms with Crippen LogP contribution in [0.1, 0.15) is 44.6 Å². The number of rotatable bonds is 5. The third-order valence-electron chi connectivity index (χ3n) is 3.80. The summed E-state index contributed by atoms with van der Waals surface area (Å²) < 4.78 is 1.75. The first-order valence-corrected chi connectivity index (χ1v) is 8.34. The highest BCUT2D eigenvalue weighted by Gasteiger charge is 2.12. The molecule has 0 fully saturated rings. The maximum Gasteiger partial charge on any atom is 0.191 e. The Labute approximate surface area is 167 Å². The zero-order chi connectivity index (χ0) is 17.6. The van der Waals surface area contributed by atoms with Crippen molar-refractivity contribution in [3.8, 4) is 0 Å². The van der Waals surface area contributed by atoms with Crippen molar-refractivity contribution in [2.45, 2.75) is 46.2 Å². The quantitative estimate of drug-likeness (QED) is 0.413. The molecule has 0 atom stereocenters. The van der Waals surface area contributed by atoms with Crippen LogP contribution in [0.4, 0.5) is 0 Å². The Bertz CT molecular complexity index is 670. The number of nitrogens with zero attached hydrogens (tertiary/aromatic N) is 4. The van der Waals surface area contributed by atoms with Crippen molar-refractivity contribution in [1.29, 1.82) is 0 Å². The first-order valence-electron chi connectivity index (χ1n) is 8.34. The van der Waals surface area contributed by atoms with Gasteiger partial charge in [0.15, 0.2) is 5.96 Å². The van der Waals surface area contributed by atoms with Gasteiger partial charge in [0.1, 0.15) is 12.2 Å². The monoisotopic (exact) mass is 456 g/mol. The lowest BCUT2D eigenvalue weighted by Gasteiger charge is -2.19. The summed E-state index contributed by atoms with van der Waals surface area (Å²) in [6.45, 7) is 10.8. The molecule has 7 heteroatoms. The zero-order valence-electron chi connectivity index (χ0n) is 15.7. The van der Waals surface area contributed by atoms with E-state index in [1.165, 1.54) is 11.1 Å². The Morgan fingerprint density at radius 3 is 2.36 bits per heavy atom. The van der Waals surface area contributed by atoms with Crippen LogP contribution in [0.15, 0.2) is 35.6 Å². The fourth-order valence-corrected chi connectivity index (χ4v) is 2.27. The van der Waals surface area contributed by atoms with E-state index < -0.39 is 0 Å². The fourth-order valence-electron chi connectivity index (χ4n) is 2.27. The molecule has 0 amide bonds. The highest BCUT2D eigenvalue weighted by Crippen LogP contribution is 2.22. The van der Waals surface area contributed by atoms with Crippen LogP contribution in [-0.2, 0) is 25.6 Å². The molecule has 0 radical (unpaired) electrons. The molecule has 0 spiro atoms. The molecule has 2 rings (SSSR count). The standard InChI is InChI=1S/C18H28N6.HI/c1-6-19-17(21-12-16-22-13-23-24(16)5)20-11-14-7-9-15(10-8-14)18(2,3)4;/h7-10,13H,6,11-12H2,1-5H3,(H2,19,20,21);1H. The van der Waals surface area contributed by atoms with E-state index >= 15 is 0 Å². The summed E-state index contributed by atoms with van der Waals surface area (Å²) >= 11 is 0. The van der Waals surface area contributed by atoms with Crippen molar-refractivity contribution in [2.75, 3.05) is 6.54 Å². The summed E-state index contributed by atoms with van der Waals surface area (Å²) in [5.41, 5.74) is 2.70. The van der Waals surface area contributed by atoms with Gasteiger partial charge in [0.2, 0.25) is 0 Å². The second-order valence-corrected chi connectivity index (χ2v) is 6.80. The molecular weight excluding hydrogens is 427 g/mol. The van der Waals surface area contributed by atoms with Gasteiger partial charge in [-0.3, -0.25) is 4.68 Å². The lowest BCUT2D eigenvalue weighted by atomic mass is 9.87. The molecule has 0 aliphatic heterocycles. The van der Waals surface area contributed by atoms with Gasteiger partial charge in [0.05, 0.1) is 13.1 Å². The van der Waals surface area contributed by atoms with Crippen molar-refractivity contribution < 1.29 is 0 Å². The van der Waals surface area contributed by atoms with Crippen molar-refractivity contribution in [3.05, 3.63) is 47.5 Å². The van der Waals surface area contributed by atoms with Crippen LogP contribution in [0.2, 0.25) is 0 Å². The molecule has 25 heavy (non-hydrogen) atoms. The normalized spacial score (nSPS) is 11.8. The van der Waals surface area contributed by atoms with E-state index in [9.17, 15) is 0 Å². The van der Waals surface area contributed by atoms with Crippen LogP contribution in [0, 0.1) is 0 Å². The Morgan fingerprint density at radius 2 is 1.84 bits per heavy atom. The lowest BCUT2D eigenvalue weighted by Crippen LogP contribution is -2.37. The van der Waals surface area contributed by atoms with E-state index in [1.807, 2.05) is 7.05 Å². The van der Waals surface area contributed by atoms with E-state index in [4.69, 9.17) is 0 Å². The molecule has 1 aromatic carbocycles. The molecule has 0 bridgehead atoms. The minimum absolute atomic E-state index is 0. The number of guanidine groups is 1. The average molecular weight is 456 g/mol. The van der Waals surface area contributed by atoms with Crippen LogP contribution in [0.5, 0.6) is 0 Å². The number of aliphatic imine (C=N–C) groups is 1. The maximum atomic E-state index is 4.64. The number of benzene rings is 1. The van der Waals surface area contributed by atoms with E-state index in [1.54, 1.807) is 11.0 Å². The molecule has 0 saturated carbocycles. The predicted octanol–water partition coefficient (Wildman–Crippen LogP) is 2.99. The predicted molar refractivity (Wildman–Crippen MR) is 113 cm³/mol. The fraction of sp³-hybridized carbons (Fsp3) is 0.500. The number of halogens is 1. The molecule has 0 unspecified atom stereocenters. The molecule has 1 heterocycles. The van der Waals surface area contributed by atoms with Gasteiger partial charge in [-0.05, 0) is 23.5 Å². The maximum absolute atomic E-state index is 4.64. The van der Waals surface area contributed by atoms with Crippen molar-refractivity contribution >= 4 is 29.9 Å². The van der Waals surface area contributed by atoms with Gasteiger partial charge in [-0.2, -0.15) is 5.10 Å². The third kappa shape index (κ3) is 6.64. The van der Waals surface area contributed by atoms with Gasteiger partial charge in [-0.25, -0.2) is 9.98 Å². The lowest BCUT2D eigenvalue weighted by molar-refractivity contribution is 0.590. The van der Waals surface area contributed by atoms with Crippen molar-refractivity contribution in [1.82, 2.24) is 25.4 Å². The Balaban J connectivity index is 0.00000312. The molecule has 6 nitrogen and oxygen atoms in total. The molecule has 0 aliphatic carbocycles. The van der Waals surface area contributed by atoms with Crippen LogP contribution >= 0.6 is 24.0 Å². The molecule has 2 aromatic rings. The highest BCUT2D eigenvalue weighted by atomic mass is 127. The second kappa shape index (κ2) is 9.74. The summed E-state index contributed by atoms with van der Waals surface area (Å²) in [6.07, 6.45) is 1.55. The summed E-state index contributed by atoms with van der Waals surface area (Å²) in [6, 6.07) is 8.67. The topological polar surface area (TPSA) is 67.1 Å². The largest absolute Gasteiger partial charge is 0.357 e. The van der Waals surface area contributed by atoms with Crippen molar-refractivity contribution in [2.24, 2.45) is 12.0 Å². The van der Waals surface area contributed by atoms with Gasteiger partial charge in [-0.1, -0.05) is 45.0 Å². The molecular formula is C18H29IN6. The highest BCUT2D eigenvalue weighted by molar-refractivity contribution is 14.0. The molecule has 0 saturated heterocycles. The van der Waals surface area contributed by atoms with Gasteiger partial charge in [0, 0.05) is 13.6 Å². The Hall–Kier alpha value is -1.64. The number of aryl methyl sites for hydroxylation is 1. The number of hydrogen-bond acceptors (Lipinski definition) is 3. The summed E-state index contributed by atoms with van der Waals surface area (Å²) in [5, 5.41) is 10.6. The van der Waals surface area contributed by atoms with Gasteiger partial charge in [0.25, 0.3) is 0 Å². The van der Waals surface area contributed by atoms with E-state index in [0.29, 0.717) is 13.1 Å². The molecule has 2 N–H and O–H groups in total. The van der Waals surface area contributed by atoms with Gasteiger partial charge >= 0.3 is 0 Å². The summed E-state index contributed by atoms with van der Waals surface area (Å²) in [5.74, 6) is 1.65. The number of hydrogen-bond donors (Lipinski definition) is 2. The number of nitrogens with one attached hydrogen (secondary N) is 2. The number of aromatic nitrogens is 3. The molecule has 1 aromatic heterocycles. The van der Waals surface area contributed by atoms with Crippen LogP contribution < -0.4 is 10.6 Å². The Kier molecular flexibility index (Phi) is 8.34. The van der Waals surface area contributed by atoms with Crippen LogP contribution in [-0.4, -0.2) is 27.3 Å². The van der Waals surface area contributed by atoms with E-state index in [0.717, 1.165) is 18.3 Å². The summed E-state index contributed by atoms with van der Waals surface area (Å²) in [7, 11) is 1.88. The van der Waals surface area contributed by atoms with Crippen LogP contribution in [0.3, 0.4) is 0 Å².